The van der Waals surface area contributed by atoms with E-state index in [9.17, 15) is 4.79 Å². The summed E-state index contributed by atoms with van der Waals surface area (Å²) in [6.45, 7) is 5.31. The van der Waals surface area contributed by atoms with Crippen molar-refractivity contribution in [3.63, 3.8) is 0 Å². The van der Waals surface area contributed by atoms with Gasteiger partial charge in [0.05, 0.1) is 11.2 Å². The Kier molecular flexibility index (Phi) is 4.57. The predicted molar refractivity (Wildman–Crippen MR) is 106 cm³/mol. The van der Waals surface area contributed by atoms with Crippen LogP contribution in [0.1, 0.15) is 13.3 Å². The average Bonchev–Trinajstić information content (AvgIpc) is 2.73. The number of benzene rings is 2. The molecule has 0 aliphatic carbocycles. The fourth-order valence-electron chi connectivity index (χ4n) is 3.51. The molecule has 1 aliphatic heterocycles. The number of carbonyl (C=O) groups is 1. The Morgan fingerprint density at radius 2 is 1.65 bits per heavy atom. The van der Waals surface area contributed by atoms with Crippen molar-refractivity contribution in [3.8, 4) is 11.3 Å². The van der Waals surface area contributed by atoms with Gasteiger partial charge in [-0.3, -0.25) is 4.79 Å². The third-order valence-corrected chi connectivity index (χ3v) is 5.06. The van der Waals surface area contributed by atoms with E-state index in [4.69, 9.17) is 4.98 Å². The number of fused-ring (bicyclic) bond motifs is 1. The Balaban J connectivity index is 1.49. The van der Waals surface area contributed by atoms with Crippen LogP contribution >= 0.6 is 0 Å². The van der Waals surface area contributed by atoms with Crippen molar-refractivity contribution in [3.05, 3.63) is 60.7 Å². The van der Waals surface area contributed by atoms with Gasteiger partial charge in [0.1, 0.15) is 0 Å². The summed E-state index contributed by atoms with van der Waals surface area (Å²) in [6.07, 6.45) is 0.591. The maximum atomic E-state index is 11.8. The van der Waals surface area contributed by atoms with Crippen LogP contribution in [0.15, 0.2) is 60.7 Å². The van der Waals surface area contributed by atoms with Gasteiger partial charge in [0.2, 0.25) is 5.91 Å². The zero-order valence-corrected chi connectivity index (χ0v) is 15.1. The van der Waals surface area contributed by atoms with E-state index in [0.29, 0.717) is 6.42 Å². The second-order valence-electron chi connectivity index (χ2n) is 6.66. The number of amides is 1. The number of anilines is 1. The van der Waals surface area contributed by atoms with Crippen LogP contribution in [-0.4, -0.2) is 42.0 Å². The number of para-hydroxylation sites is 1. The molecule has 1 fully saturated rings. The van der Waals surface area contributed by atoms with Gasteiger partial charge in [-0.25, -0.2) is 4.98 Å². The van der Waals surface area contributed by atoms with Crippen molar-refractivity contribution in [2.45, 2.75) is 13.3 Å². The molecule has 132 valence electrons. The molecule has 0 radical (unpaired) electrons. The molecule has 2 aromatic carbocycles. The van der Waals surface area contributed by atoms with Crippen molar-refractivity contribution in [1.29, 1.82) is 0 Å². The first-order valence-electron chi connectivity index (χ1n) is 9.23. The molecule has 2 heterocycles. The minimum absolute atomic E-state index is 0.252. The molecule has 4 nitrogen and oxygen atoms in total. The van der Waals surface area contributed by atoms with Crippen LogP contribution in [0.5, 0.6) is 0 Å². The highest BCUT2D eigenvalue weighted by Gasteiger charge is 2.20. The van der Waals surface area contributed by atoms with E-state index in [2.05, 4.69) is 47.4 Å². The molecule has 3 aromatic rings. The first-order valence-corrected chi connectivity index (χ1v) is 9.23. The van der Waals surface area contributed by atoms with Crippen molar-refractivity contribution in [2.24, 2.45) is 0 Å². The largest absolute Gasteiger partial charge is 0.368 e. The Morgan fingerprint density at radius 3 is 2.38 bits per heavy atom. The van der Waals surface area contributed by atoms with Crippen LogP contribution in [0.4, 0.5) is 5.69 Å². The van der Waals surface area contributed by atoms with Crippen molar-refractivity contribution in [1.82, 2.24) is 9.88 Å². The molecule has 1 aromatic heterocycles. The van der Waals surface area contributed by atoms with Crippen molar-refractivity contribution < 1.29 is 4.79 Å². The topological polar surface area (TPSA) is 36.4 Å². The Bertz CT molecular complexity index is 912. The van der Waals surface area contributed by atoms with Crippen LogP contribution in [0.3, 0.4) is 0 Å². The van der Waals surface area contributed by atoms with Crippen molar-refractivity contribution >= 4 is 22.5 Å². The number of carbonyl (C=O) groups excluding carboxylic acids is 1. The minimum Gasteiger partial charge on any atom is -0.368 e. The summed E-state index contributed by atoms with van der Waals surface area (Å²) in [6, 6.07) is 21.0. The zero-order valence-electron chi connectivity index (χ0n) is 15.1. The van der Waals surface area contributed by atoms with Gasteiger partial charge in [0.15, 0.2) is 0 Å². The van der Waals surface area contributed by atoms with Crippen LogP contribution in [-0.2, 0) is 4.79 Å². The van der Waals surface area contributed by atoms with Gasteiger partial charge < -0.3 is 9.80 Å². The molecule has 0 spiro atoms. The average molecular weight is 345 g/mol. The molecule has 0 unspecified atom stereocenters. The lowest BCUT2D eigenvalue weighted by Crippen LogP contribution is -2.48. The highest BCUT2D eigenvalue weighted by atomic mass is 16.2. The summed E-state index contributed by atoms with van der Waals surface area (Å²) in [5.41, 5.74) is 4.34. The van der Waals surface area contributed by atoms with Gasteiger partial charge in [0, 0.05) is 49.2 Å². The Hall–Kier alpha value is -2.88. The predicted octanol–water partition coefficient (Wildman–Crippen LogP) is 3.96. The molecule has 26 heavy (non-hydrogen) atoms. The number of piperazine rings is 1. The lowest BCUT2D eigenvalue weighted by atomic mass is 10.1. The SMILES string of the molecule is CCC(=O)N1CCN(c2ccc(-c3ccc4ccccc4n3)cc2)CC1. The Morgan fingerprint density at radius 1 is 0.923 bits per heavy atom. The van der Waals surface area contributed by atoms with E-state index in [-0.39, 0.29) is 5.91 Å². The molecule has 0 N–H and O–H groups in total. The molecular formula is C22H23N3O. The summed E-state index contributed by atoms with van der Waals surface area (Å²) in [5, 5.41) is 1.16. The van der Waals surface area contributed by atoms with Gasteiger partial charge >= 0.3 is 0 Å². The molecule has 4 rings (SSSR count). The highest BCUT2D eigenvalue weighted by molar-refractivity contribution is 5.81. The fraction of sp³-hybridized carbons (Fsp3) is 0.273. The summed E-state index contributed by atoms with van der Waals surface area (Å²) < 4.78 is 0. The summed E-state index contributed by atoms with van der Waals surface area (Å²) in [5.74, 6) is 0.252. The normalized spacial score (nSPS) is 14.7. The number of nitrogens with zero attached hydrogens (tertiary/aromatic N) is 3. The lowest BCUT2D eigenvalue weighted by molar-refractivity contribution is -0.131. The van der Waals surface area contributed by atoms with Crippen molar-refractivity contribution in [2.75, 3.05) is 31.1 Å². The summed E-state index contributed by atoms with van der Waals surface area (Å²) in [7, 11) is 0. The molecule has 0 atom stereocenters. The first kappa shape index (κ1) is 16.6. The van der Waals surface area contributed by atoms with Gasteiger partial charge in [0.25, 0.3) is 0 Å². The quantitative estimate of drug-likeness (QED) is 0.721. The van der Waals surface area contributed by atoms with Crippen LogP contribution in [0.25, 0.3) is 22.2 Å². The van der Waals surface area contributed by atoms with E-state index in [1.165, 1.54) is 5.69 Å². The second kappa shape index (κ2) is 7.16. The van der Waals surface area contributed by atoms with Crippen LogP contribution in [0, 0.1) is 0 Å². The number of hydrogen-bond acceptors (Lipinski definition) is 3. The maximum absolute atomic E-state index is 11.8. The third kappa shape index (κ3) is 3.27. The number of rotatable bonds is 3. The van der Waals surface area contributed by atoms with Gasteiger partial charge in [-0.1, -0.05) is 43.3 Å². The van der Waals surface area contributed by atoms with Gasteiger partial charge in [-0.05, 0) is 24.3 Å². The van der Waals surface area contributed by atoms with E-state index >= 15 is 0 Å². The van der Waals surface area contributed by atoms with Gasteiger partial charge in [-0.15, -0.1) is 0 Å². The van der Waals surface area contributed by atoms with E-state index in [0.717, 1.165) is 48.3 Å². The number of hydrogen-bond donors (Lipinski definition) is 0. The molecule has 0 saturated carbocycles. The molecule has 1 aliphatic rings. The summed E-state index contributed by atoms with van der Waals surface area (Å²) in [4.78, 5) is 20.9. The molecule has 1 saturated heterocycles. The molecule has 0 bridgehead atoms. The molecule has 1 amide bonds. The number of pyridine rings is 1. The number of aromatic nitrogens is 1. The monoisotopic (exact) mass is 345 g/mol. The van der Waals surface area contributed by atoms with E-state index in [1.54, 1.807) is 0 Å². The van der Waals surface area contributed by atoms with Gasteiger partial charge in [-0.2, -0.15) is 0 Å². The Labute approximate surface area is 154 Å². The minimum atomic E-state index is 0.252. The second-order valence-corrected chi connectivity index (χ2v) is 6.66. The zero-order chi connectivity index (χ0) is 17.9. The molecule has 4 heteroatoms. The maximum Gasteiger partial charge on any atom is 0.222 e. The molecular weight excluding hydrogens is 322 g/mol. The lowest BCUT2D eigenvalue weighted by Gasteiger charge is -2.36. The van der Waals surface area contributed by atoms with E-state index < -0.39 is 0 Å². The standard InChI is InChI=1S/C22H23N3O/c1-2-22(26)25-15-13-24(14-16-25)19-10-7-18(8-11-19)21-12-9-17-5-3-4-6-20(17)23-21/h3-12H,2,13-16H2,1H3. The third-order valence-electron chi connectivity index (χ3n) is 5.06. The van der Waals surface area contributed by atoms with Crippen LogP contribution in [0.2, 0.25) is 0 Å². The smallest absolute Gasteiger partial charge is 0.222 e. The highest BCUT2D eigenvalue weighted by Crippen LogP contribution is 2.24. The van der Waals surface area contributed by atoms with Crippen LogP contribution < -0.4 is 4.90 Å². The first-order chi connectivity index (χ1) is 12.7. The summed E-state index contributed by atoms with van der Waals surface area (Å²) >= 11 is 0. The van der Waals surface area contributed by atoms with E-state index in [1.807, 2.05) is 30.0 Å². The fourth-order valence-corrected chi connectivity index (χ4v) is 3.51.